The van der Waals surface area contributed by atoms with Crippen LogP contribution >= 0.6 is 34.5 Å². The molecule has 2 aromatic carbocycles. The van der Waals surface area contributed by atoms with Gasteiger partial charge in [0, 0.05) is 65.8 Å². The van der Waals surface area contributed by atoms with Crippen molar-refractivity contribution in [2.45, 2.75) is 51.7 Å². The summed E-state index contributed by atoms with van der Waals surface area (Å²) in [6.07, 6.45) is 4.44. The Balaban J connectivity index is 1.10. The fourth-order valence-electron chi connectivity index (χ4n) is 6.90. The van der Waals surface area contributed by atoms with Crippen molar-refractivity contribution in [2.24, 2.45) is 5.92 Å². The van der Waals surface area contributed by atoms with Gasteiger partial charge in [0.25, 0.3) is 0 Å². The fourth-order valence-corrected chi connectivity index (χ4v) is 8.50. The van der Waals surface area contributed by atoms with Gasteiger partial charge >= 0.3 is 5.97 Å². The Morgan fingerprint density at radius 2 is 1.81 bits per heavy atom. The number of fused-ring (bicyclic) bond motifs is 1. The molecule has 270 valence electrons. The van der Waals surface area contributed by atoms with Gasteiger partial charge in [-0.05, 0) is 51.4 Å². The number of carbonyl (C=O) groups is 2. The number of hydrogen-bond donors (Lipinski definition) is 4. The van der Waals surface area contributed by atoms with Crippen molar-refractivity contribution in [3.8, 4) is 28.1 Å². The summed E-state index contributed by atoms with van der Waals surface area (Å²) in [5.41, 5.74) is 6.11. The summed E-state index contributed by atoms with van der Waals surface area (Å²) in [6.45, 7) is 5.31. The first kappa shape index (κ1) is 36.0. The molecule has 0 aliphatic carbocycles. The molecule has 2 saturated heterocycles. The van der Waals surface area contributed by atoms with Gasteiger partial charge in [-0.3, -0.25) is 19.5 Å². The molecule has 0 spiro atoms. The van der Waals surface area contributed by atoms with Gasteiger partial charge in [0.15, 0.2) is 5.82 Å². The molecule has 2 fully saturated rings. The van der Waals surface area contributed by atoms with E-state index >= 15 is 0 Å². The molecule has 52 heavy (non-hydrogen) atoms. The molecule has 1 amide bonds. The van der Waals surface area contributed by atoms with Crippen LogP contribution in [-0.2, 0) is 22.7 Å². The Hall–Kier alpha value is -4.33. The lowest BCUT2D eigenvalue weighted by Gasteiger charge is -2.29. The largest absolute Gasteiger partial charge is 0.496 e. The molecule has 0 bridgehead atoms. The SMILES string of the molecule is COc1cc(-c2cccc(-c3cccc(Nc4nccc5sc(CN6CCC(C(=O)O)CC6)nc45)c3Cl)c2Cl)nc(C)c1CNC[C@@H]1CCC(=O)N1. The molecule has 2 aliphatic heterocycles. The monoisotopic (exact) mass is 759 g/mol. The molecule has 14 heteroatoms. The summed E-state index contributed by atoms with van der Waals surface area (Å²) in [7, 11) is 1.64. The molecule has 11 nitrogen and oxygen atoms in total. The van der Waals surface area contributed by atoms with Crippen molar-refractivity contribution in [3.05, 3.63) is 81.0 Å². The van der Waals surface area contributed by atoms with Gasteiger partial charge in [0.2, 0.25) is 5.91 Å². The third kappa shape index (κ3) is 7.72. The first-order valence-electron chi connectivity index (χ1n) is 17.3. The number of hydrogen-bond acceptors (Lipinski definition) is 10. The number of anilines is 2. The lowest BCUT2D eigenvalue weighted by molar-refractivity contribution is -0.143. The van der Waals surface area contributed by atoms with Gasteiger partial charge < -0.3 is 25.8 Å². The summed E-state index contributed by atoms with van der Waals surface area (Å²) in [5.74, 6) is 0.409. The van der Waals surface area contributed by atoms with E-state index in [4.69, 9.17) is 37.9 Å². The number of nitrogens with zero attached hydrogens (tertiary/aromatic N) is 4. The highest BCUT2D eigenvalue weighted by Gasteiger charge is 2.26. The Bertz CT molecular complexity index is 2140. The van der Waals surface area contributed by atoms with E-state index in [-0.39, 0.29) is 17.9 Å². The average Bonchev–Trinajstić information content (AvgIpc) is 3.75. The first-order chi connectivity index (χ1) is 25.2. The number of amides is 1. The summed E-state index contributed by atoms with van der Waals surface area (Å²) in [6, 6.07) is 15.5. The highest BCUT2D eigenvalue weighted by atomic mass is 35.5. The second-order valence-electron chi connectivity index (χ2n) is 13.2. The number of ether oxygens (including phenoxy) is 1. The number of halogens is 2. The summed E-state index contributed by atoms with van der Waals surface area (Å²) >= 11 is 15.9. The van der Waals surface area contributed by atoms with Gasteiger partial charge in [0.1, 0.15) is 16.3 Å². The molecule has 0 radical (unpaired) electrons. The molecular formula is C38H39Cl2N7O4S. The number of carbonyl (C=O) groups excluding carboxylic acids is 1. The van der Waals surface area contributed by atoms with Gasteiger partial charge in [-0.2, -0.15) is 0 Å². The maximum Gasteiger partial charge on any atom is 0.306 e. The Kier molecular flexibility index (Phi) is 10.9. The van der Waals surface area contributed by atoms with Crippen molar-refractivity contribution < 1.29 is 19.4 Å². The van der Waals surface area contributed by atoms with E-state index in [1.165, 1.54) is 0 Å². The molecule has 4 N–H and O–H groups in total. The maximum atomic E-state index is 11.6. The number of piperidine rings is 1. The molecule has 3 aromatic heterocycles. The molecule has 0 saturated carbocycles. The molecule has 7 rings (SSSR count). The number of aryl methyl sites for hydroxylation is 1. The quantitative estimate of drug-likeness (QED) is 0.101. The van der Waals surface area contributed by atoms with E-state index in [0.29, 0.717) is 71.9 Å². The zero-order chi connectivity index (χ0) is 36.4. The van der Waals surface area contributed by atoms with Crippen molar-refractivity contribution >= 4 is 68.1 Å². The maximum absolute atomic E-state index is 11.6. The Morgan fingerprint density at radius 3 is 2.54 bits per heavy atom. The van der Waals surface area contributed by atoms with E-state index in [1.807, 2.05) is 55.5 Å². The van der Waals surface area contributed by atoms with Crippen molar-refractivity contribution in [2.75, 3.05) is 32.1 Å². The number of carboxylic acids is 1. The number of aromatic nitrogens is 3. The predicted molar refractivity (Wildman–Crippen MR) is 206 cm³/mol. The second kappa shape index (κ2) is 15.7. The summed E-state index contributed by atoms with van der Waals surface area (Å²) in [4.78, 5) is 39.7. The van der Waals surface area contributed by atoms with Crippen LogP contribution in [0.4, 0.5) is 11.5 Å². The Labute approximate surface area is 315 Å². The smallest absolute Gasteiger partial charge is 0.306 e. The summed E-state index contributed by atoms with van der Waals surface area (Å²) < 4.78 is 6.80. The number of carboxylic acid groups (broad SMARTS) is 1. The molecule has 0 unspecified atom stereocenters. The van der Waals surface area contributed by atoms with Crippen LogP contribution < -0.4 is 20.7 Å². The number of rotatable bonds is 12. The lowest BCUT2D eigenvalue weighted by atomic mass is 9.97. The number of aliphatic carboxylic acids is 1. The minimum Gasteiger partial charge on any atom is -0.496 e. The van der Waals surface area contributed by atoms with Crippen LogP contribution in [0.2, 0.25) is 10.0 Å². The lowest BCUT2D eigenvalue weighted by Crippen LogP contribution is -2.35. The standard InChI is InChI=1S/C38H39Cl2N7O4S/c1-21-27(19-41-18-23-9-10-32(48)44-23)30(51-2)17-29(43-21)26-7-3-5-24(34(26)39)25-6-4-8-28(35(25)40)45-37-36-31(11-14-42-37)52-33(46-36)20-47-15-12-22(13-16-47)38(49)50/h3-8,11,14,17,22-23,41H,9-10,12-13,15-16,18-20H2,1-2H3,(H,42,45)(H,44,48)(H,49,50)/t23-/m0/s1. The van der Waals surface area contributed by atoms with E-state index in [2.05, 4.69) is 25.8 Å². The highest BCUT2D eigenvalue weighted by Crippen LogP contribution is 2.43. The van der Waals surface area contributed by atoms with Crippen LogP contribution in [0.1, 0.15) is 41.9 Å². The minimum atomic E-state index is -0.713. The molecule has 5 heterocycles. The summed E-state index contributed by atoms with van der Waals surface area (Å²) in [5, 5.41) is 21.1. The molecule has 1 atom stereocenters. The van der Waals surface area contributed by atoms with E-state index in [0.717, 1.165) is 62.7 Å². The predicted octanol–water partition coefficient (Wildman–Crippen LogP) is 7.45. The van der Waals surface area contributed by atoms with Crippen LogP contribution in [0.15, 0.2) is 54.7 Å². The molecule has 2 aliphatic rings. The third-order valence-electron chi connectivity index (χ3n) is 9.75. The van der Waals surface area contributed by atoms with Gasteiger partial charge in [0.05, 0.1) is 45.7 Å². The van der Waals surface area contributed by atoms with Gasteiger partial charge in [-0.25, -0.2) is 9.97 Å². The van der Waals surface area contributed by atoms with Crippen molar-refractivity contribution in [1.29, 1.82) is 0 Å². The average molecular weight is 761 g/mol. The zero-order valence-corrected chi connectivity index (χ0v) is 31.2. The zero-order valence-electron chi connectivity index (χ0n) is 28.8. The molecular weight excluding hydrogens is 721 g/mol. The normalized spacial score (nSPS) is 16.7. The number of nitrogens with one attached hydrogen (secondary N) is 3. The second-order valence-corrected chi connectivity index (χ2v) is 15.0. The van der Waals surface area contributed by atoms with Crippen molar-refractivity contribution in [1.82, 2.24) is 30.5 Å². The third-order valence-corrected chi connectivity index (χ3v) is 11.6. The number of likely N-dealkylation sites (tertiary alicyclic amines) is 1. The first-order valence-corrected chi connectivity index (χ1v) is 18.8. The van der Waals surface area contributed by atoms with E-state index < -0.39 is 5.97 Å². The molecule has 5 aromatic rings. The van der Waals surface area contributed by atoms with Crippen LogP contribution in [0.3, 0.4) is 0 Å². The topological polar surface area (TPSA) is 142 Å². The van der Waals surface area contributed by atoms with Crippen LogP contribution in [0, 0.1) is 12.8 Å². The Morgan fingerprint density at radius 1 is 1.06 bits per heavy atom. The van der Waals surface area contributed by atoms with Gasteiger partial charge in [-0.15, -0.1) is 11.3 Å². The number of thiazole rings is 1. The van der Waals surface area contributed by atoms with E-state index in [9.17, 15) is 14.7 Å². The fraction of sp³-hybridized carbons (Fsp3) is 0.342. The van der Waals surface area contributed by atoms with E-state index in [1.54, 1.807) is 24.6 Å². The number of benzene rings is 2. The highest BCUT2D eigenvalue weighted by molar-refractivity contribution is 7.18. The van der Waals surface area contributed by atoms with Crippen molar-refractivity contribution in [3.63, 3.8) is 0 Å². The minimum absolute atomic E-state index is 0.0965. The van der Waals surface area contributed by atoms with Crippen LogP contribution in [-0.4, -0.2) is 69.6 Å². The number of pyridine rings is 2. The van der Waals surface area contributed by atoms with Gasteiger partial charge in [-0.1, -0.05) is 53.5 Å². The number of methoxy groups -OCH3 is 1. The van der Waals surface area contributed by atoms with Crippen LogP contribution in [0.5, 0.6) is 5.75 Å². The van der Waals surface area contributed by atoms with Crippen LogP contribution in [0.25, 0.3) is 32.6 Å².